The van der Waals surface area contributed by atoms with Crippen LogP contribution in [0.15, 0.2) is 12.4 Å². The van der Waals surface area contributed by atoms with Crippen molar-refractivity contribution in [1.29, 1.82) is 0 Å². The molecule has 6 nitrogen and oxygen atoms in total. The molecule has 0 radical (unpaired) electrons. The third kappa shape index (κ3) is 3.10. The van der Waals surface area contributed by atoms with Gasteiger partial charge in [0.1, 0.15) is 0 Å². The van der Waals surface area contributed by atoms with Crippen LogP contribution in [0.25, 0.3) is 0 Å². The highest BCUT2D eigenvalue weighted by Gasteiger charge is 2.23. The topological polar surface area (TPSA) is 75.2 Å². The summed E-state index contributed by atoms with van der Waals surface area (Å²) in [4.78, 5) is 35.4. The van der Waals surface area contributed by atoms with Gasteiger partial charge in [-0.2, -0.15) is 0 Å². The fraction of sp³-hybridized carbons (Fsp3) is 0.375. The zero-order valence-corrected chi connectivity index (χ0v) is 14.2. The van der Waals surface area contributed by atoms with Crippen LogP contribution < -0.4 is 5.32 Å². The largest absolute Gasteiger partial charge is 0.338 e. The molecule has 2 aromatic rings. The Balaban J connectivity index is 1.85. The maximum absolute atomic E-state index is 12.6. The number of carbonyl (C=O) groups excluding carboxylic acids is 2. The van der Waals surface area contributed by atoms with Crippen molar-refractivity contribution in [3.63, 3.8) is 0 Å². The van der Waals surface area contributed by atoms with Crippen molar-refractivity contribution in [1.82, 2.24) is 14.9 Å². The molecule has 7 heteroatoms. The van der Waals surface area contributed by atoms with Crippen molar-refractivity contribution in [3.05, 3.63) is 39.7 Å². The average molecular weight is 330 g/mol. The minimum Gasteiger partial charge on any atom is -0.338 e. The maximum Gasteiger partial charge on any atom is 0.259 e. The average Bonchev–Trinajstić information content (AvgIpc) is 2.83. The van der Waals surface area contributed by atoms with E-state index in [4.69, 9.17) is 0 Å². The van der Waals surface area contributed by atoms with Crippen molar-refractivity contribution in [2.45, 2.75) is 33.7 Å². The fourth-order valence-corrected chi connectivity index (χ4v) is 3.46. The summed E-state index contributed by atoms with van der Waals surface area (Å²) in [5, 5.41) is 3.45. The van der Waals surface area contributed by atoms with Crippen LogP contribution in [0.2, 0.25) is 0 Å². The number of nitrogens with zero attached hydrogens (tertiary/aromatic N) is 3. The van der Waals surface area contributed by atoms with Crippen LogP contribution in [0.3, 0.4) is 0 Å². The molecule has 0 unspecified atom stereocenters. The van der Waals surface area contributed by atoms with E-state index < -0.39 is 0 Å². The molecular formula is C16H18N4O2S. The highest BCUT2D eigenvalue weighted by molar-refractivity contribution is 7.15. The van der Waals surface area contributed by atoms with Crippen LogP contribution in [0.1, 0.15) is 39.0 Å². The van der Waals surface area contributed by atoms with E-state index >= 15 is 0 Å². The van der Waals surface area contributed by atoms with Gasteiger partial charge >= 0.3 is 0 Å². The molecule has 120 valence electrons. The van der Waals surface area contributed by atoms with E-state index in [1.54, 1.807) is 24.2 Å². The number of thiazole rings is 1. The summed E-state index contributed by atoms with van der Waals surface area (Å²) in [6.07, 6.45) is 3.99. The SMILES string of the molecule is CC(=O)N1CCc2c(cncc2C(=O)Nc2nc(C)c(C)s2)C1. The molecule has 1 aliphatic rings. The van der Waals surface area contributed by atoms with Crippen LogP contribution in [0.5, 0.6) is 0 Å². The van der Waals surface area contributed by atoms with Crippen LogP contribution in [0.4, 0.5) is 5.13 Å². The van der Waals surface area contributed by atoms with Gasteiger partial charge in [-0.05, 0) is 31.4 Å². The van der Waals surface area contributed by atoms with Gasteiger partial charge in [-0.15, -0.1) is 11.3 Å². The molecule has 0 aromatic carbocycles. The first-order valence-electron chi connectivity index (χ1n) is 7.42. The Bertz CT molecular complexity index is 765. The monoisotopic (exact) mass is 330 g/mol. The zero-order chi connectivity index (χ0) is 16.6. The third-order valence-electron chi connectivity index (χ3n) is 4.08. The van der Waals surface area contributed by atoms with Gasteiger partial charge in [-0.25, -0.2) is 4.98 Å². The Labute approximate surface area is 138 Å². The molecular weight excluding hydrogens is 312 g/mol. The lowest BCUT2D eigenvalue weighted by Gasteiger charge is -2.28. The highest BCUT2D eigenvalue weighted by atomic mass is 32.1. The number of hydrogen-bond donors (Lipinski definition) is 1. The van der Waals surface area contributed by atoms with Gasteiger partial charge in [0, 0.05) is 37.3 Å². The fourth-order valence-electron chi connectivity index (χ4n) is 2.65. The van der Waals surface area contributed by atoms with Gasteiger partial charge in [-0.1, -0.05) is 0 Å². The summed E-state index contributed by atoms with van der Waals surface area (Å²) in [6.45, 7) is 6.59. The van der Waals surface area contributed by atoms with Crippen molar-refractivity contribution in [3.8, 4) is 0 Å². The van der Waals surface area contributed by atoms with E-state index in [1.807, 2.05) is 13.8 Å². The minimum absolute atomic E-state index is 0.0410. The van der Waals surface area contributed by atoms with Crippen LogP contribution in [-0.2, 0) is 17.8 Å². The Kier molecular flexibility index (Phi) is 4.12. The number of fused-ring (bicyclic) bond motifs is 1. The molecule has 3 heterocycles. The second-order valence-corrected chi connectivity index (χ2v) is 6.83. The molecule has 1 N–H and O–H groups in total. The first kappa shape index (κ1) is 15.6. The lowest BCUT2D eigenvalue weighted by Crippen LogP contribution is -2.35. The molecule has 2 amide bonds. The van der Waals surface area contributed by atoms with Crippen molar-refractivity contribution in [2.24, 2.45) is 0 Å². The Morgan fingerprint density at radius 2 is 2.09 bits per heavy atom. The third-order valence-corrected chi connectivity index (χ3v) is 5.07. The van der Waals surface area contributed by atoms with E-state index in [1.165, 1.54) is 11.3 Å². The predicted molar refractivity (Wildman–Crippen MR) is 88.6 cm³/mol. The number of hydrogen-bond acceptors (Lipinski definition) is 5. The molecule has 0 aliphatic carbocycles. The number of aryl methyl sites for hydroxylation is 2. The standard InChI is InChI=1S/C16H18N4O2S/c1-9-10(2)23-16(18-9)19-15(22)14-7-17-6-12-8-20(11(3)21)5-4-13(12)14/h6-7H,4-5,8H2,1-3H3,(H,18,19,22). The second kappa shape index (κ2) is 6.08. The number of nitrogens with one attached hydrogen (secondary N) is 1. The van der Waals surface area contributed by atoms with E-state index in [0.717, 1.165) is 21.7 Å². The zero-order valence-electron chi connectivity index (χ0n) is 13.3. The van der Waals surface area contributed by atoms with E-state index in [0.29, 0.717) is 30.2 Å². The summed E-state index contributed by atoms with van der Waals surface area (Å²) >= 11 is 1.46. The second-order valence-electron chi connectivity index (χ2n) is 5.63. The molecule has 0 bridgehead atoms. The van der Waals surface area contributed by atoms with Gasteiger partial charge in [0.25, 0.3) is 5.91 Å². The van der Waals surface area contributed by atoms with Crippen LogP contribution in [0, 0.1) is 13.8 Å². The predicted octanol–water partition coefficient (Wildman–Crippen LogP) is 2.31. The van der Waals surface area contributed by atoms with Gasteiger partial charge < -0.3 is 4.90 Å². The minimum atomic E-state index is -0.195. The number of aromatic nitrogens is 2. The lowest BCUT2D eigenvalue weighted by molar-refractivity contribution is -0.129. The number of anilines is 1. The van der Waals surface area contributed by atoms with Crippen LogP contribution in [-0.4, -0.2) is 33.2 Å². The Morgan fingerprint density at radius 3 is 2.74 bits per heavy atom. The maximum atomic E-state index is 12.6. The number of pyridine rings is 1. The molecule has 0 spiro atoms. The van der Waals surface area contributed by atoms with Gasteiger partial charge in [0.05, 0.1) is 11.3 Å². The normalized spacial score (nSPS) is 13.6. The molecule has 0 fully saturated rings. The lowest BCUT2D eigenvalue weighted by atomic mass is 9.96. The molecule has 0 saturated carbocycles. The first-order valence-corrected chi connectivity index (χ1v) is 8.24. The molecule has 0 atom stereocenters. The summed E-state index contributed by atoms with van der Waals surface area (Å²) in [6, 6.07) is 0. The number of amides is 2. The van der Waals surface area contributed by atoms with E-state index in [2.05, 4.69) is 15.3 Å². The summed E-state index contributed by atoms with van der Waals surface area (Å²) in [5.41, 5.74) is 3.40. The van der Waals surface area contributed by atoms with Gasteiger partial charge in [0.15, 0.2) is 5.13 Å². The highest BCUT2D eigenvalue weighted by Crippen LogP contribution is 2.25. The van der Waals surface area contributed by atoms with E-state index in [-0.39, 0.29) is 11.8 Å². The van der Waals surface area contributed by atoms with Gasteiger partial charge in [-0.3, -0.25) is 19.9 Å². The van der Waals surface area contributed by atoms with Gasteiger partial charge in [0.2, 0.25) is 5.91 Å². The molecule has 2 aromatic heterocycles. The summed E-state index contributed by atoms with van der Waals surface area (Å²) < 4.78 is 0. The molecule has 1 aliphatic heterocycles. The summed E-state index contributed by atoms with van der Waals surface area (Å²) in [7, 11) is 0. The van der Waals surface area contributed by atoms with Crippen LogP contribution >= 0.6 is 11.3 Å². The first-order chi connectivity index (χ1) is 11.0. The quantitative estimate of drug-likeness (QED) is 0.917. The van der Waals surface area contributed by atoms with Crippen molar-refractivity contribution < 1.29 is 9.59 Å². The summed E-state index contributed by atoms with van der Waals surface area (Å²) in [5.74, 6) is -0.154. The van der Waals surface area contributed by atoms with Crippen molar-refractivity contribution >= 4 is 28.3 Å². The molecule has 3 rings (SSSR count). The molecule has 23 heavy (non-hydrogen) atoms. The smallest absolute Gasteiger partial charge is 0.259 e. The Hall–Kier alpha value is -2.28. The Morgan fingerprint density at radius 1 is 1.30 bits per heavy atom. The number of carbonyl (C=O) groups is 2. The van der Waals surface area contributed by atoms with E-state index in [9.17, 15) is 9.59 Å². The number of rotatable bonds is 2. The molecule has 0 saturated heterocycles. The van der Waals surface area contributed by atoms with Crippen molar-refractivity contribution in [2.75, 3.05) is 11.9 Å².